The molecule has 1 aromatic carbocycles. The van der Waals surface area contributed by atoms with Crippen LogP contribution >= 0.6 is 0 Å². The molecule has 122 valence electrons. The zero-order valence-corrected chi connectivity index (χ0v) is 13.3. The molecule has 1 fully saturated rings. The molecule has 0 aliphatic carbocycles. The maximum atomic E-state index is 12.5. The van der Waals surface area contributed by atoms with Gasteiger partial charge in [0.05, 0.1) is 23.8 Å². The number of hydrogen-bond donors (Lipinski definition) is 0. The maximum absolute atomic E-state index is 12.5. The first kappa shape index (κ1) is 15.7. The van der Waals surface area contributed by atoms with Crippen LogP contribution in [-0.4, -0.2) is 46.7 Å². The highest BCUT2D eigenvalue weighted by Gasteiger charge is 2.22. The second kappa shape index (κ2) is 6.91. The molecule has 2 aromatic rings. The highest BCUT2D eigenvalue weighted by atomic mass is 16.5. The van der Waals surface area contributed by atoms with Gasteiger partial charge in [-0.1, -0.05) is 12.1 Å². The third kappa shape index (κ3) is 3.42. The van der Waals surface area contributed by atoms with E-state index in [-0.39, 0.29) is 18.0 Å². The lowest BCUT2D eigenvalue weighted by Gasteiger charge is -2.24. The van der Waals surface area contributed by atoms with Gasteiger partial charge in [-0.15, -0.1) is 0 Å². The van der Waals surface area contributed by atoms with Gasteiger partial charge in [0.1, 0.15) is 6.54 Å². The van der Waals surface area contributed by atoms with Crippen molar-refractivity contribution >= 4 is 16.8 Å². The van der Waals surface area contributed by atoms with Crippen LogP contribution in [0.25, 0.3) is 10.9 Å². The second-order valence-corrected chi connectivity index (χ2v) is 5.86. The molecule has 0 unspecified atom stereocenters. The van der Waals surface area contributed by atoms with Gasteiger partial charge in [0.2, 0.25) is 5.91 Å². The number of likely N-dealkylation sites (N-methyl/N-ethyl adjacent to an activating group) is 1. The van der Waals surface area contributed by atoms with E-state index in [0.29, 0.717) is 36.5 Å². The molecule has 1 aliphatic heterocycles. The highest BCUT2D eigenvalue weighted by molar-refractivity contribution is 5.79. The van der Waals surface area contributed by atoms with Crippen LogP contribution in [0.5, 0.6) is 0 Å². The van der Waals surface area contributed by atoms with Crippen LogP contribution < -0.4 is 5.56 Å². The smallest absolute Gasteiger partial charge is 0.261 e. The molecule has 0 bridgehead atoms. The van der Waals surface area contributed by atoms with Gasteiger partial charge in [-0.05, 0) is 25.5 Å². The Kier molecular flexibility index (Phi) is 4.71. The summed E-state index contributed by atoms with van der Waals surface area (Å²) in [6, 6.07) is 7.17. The van der Waals surface area contributed by atoms with Crippen molar-refractivity contribution in [2.24, 2.45) is 5.92 Å². The molecule has 0 saturated carbocycles. The largest absolute Gasteiger partial charge is 0.381 e. The van der Waals surface area contributed by atoms with E-state index in [1.807, 2.05) is 13.0 Å². The van der Waals surface area contributed by atoms with Crippen molar-refractivity contribution in [3.05, 3.63) is 40.9 Å². The molecule has 0 spiro atoms. The fourth-order valence-corrected chi connectivity index (χ4v) is 2.91. The molecule has 1 saturated heterocycles. The van der Waals surface area contributed by atoms with Crippen molar-refractivity contribution in [1.82, 2.24) is 14.5 Å². The number of carbonyl (C=O) groups is 1. The Morgan fingerprint density at radius 2 is 2.26 bits per heavy atom. The summed E-state index contributed by atoms with van der Waals surface area (Å²) in [7, 11) is 0. The summed E-state index contributed by atoms with van der Waals surface area (Å²) in [4.78, 5) is 31.0. The molecule has 6 heteroatoms. The minimum atomic E-state index is -0.177. The van der Waals surface area contributed by atoms with Crippen molar-refractivity contribution in [2.45, 2.75) is 19.9 Å². The quantitative estimate of drug-likeness (QED) is 0.834. The Hall–Kier alpha value is -2.21. The average molecular weight is 315 g/mol. The van der Waals surface area contributed by atoms with Gasteiger partial charge in [0.15, 0.2) is 0 Å². The molecule has 0 radical (unpaired) electrons. The van der Waals surface area contributed by atoms with Crippen LogP contribution in [0.3, 0.4) is 0 Å². The van der Waals surface area contributed by atoms with Gasteiger partial charge < -0.3 is 9.64 Å². The molecule has 1 aliphatic rings. The lowest BCUT2D eigenvalue weighted by molar-refractivity contribution is -0.132. The number of rotatable bonds is 5. The molecule has 1 aromatic heterocycles. The van der Waals surface area contributed by atoms with E-state index in [0.717, 1.165) is 13.0 Å². The molecular weight excluding hydrogens is 294 g/mol. The summed E-state index contributed by atoms with van der Waals surface area (Å²) in [6.07, 6.45) is 2.44. The van der Waals surface area contributed by atoms with Gasteiger partial charge in [-0.25, -0.2) is 4.98 Å². The van der Waals surface area contributed by atoms with Crippen LogP contribution in [0, 0.1) is 5.92 Å². The third-order valence-electron chi connectivity index (χ3n) is 4.27. The SMILES string of the molecule is CCN(C[C@@H]1CCOC1)C(=O)Cn1cnc2ccccc2c1=O. The minimum absolute atomic E-state index is 0.0259. The van der Waals surface area contributed by atoms with Crippen molar-refractivity contribution in [2.75, 3.05) is 26.3 Å². The first-order valence-corrected chi connectivity index (χ1v) is 7.98. The number of nitrogens with zero attached hydrogens (tertiary/aromatic N) is 3. The van der Waals surface area contributed by atoms with Crippen molar-refractivity contribution in [3.63, 3.8) is 0 Å². The van der Waals surface area contributed by atoms with Gasteiger partial charge in [0.25, 0.3) is 5.56 Å². The highest BCUT2D eigenvalue weighted by Crippen LogP contribution is 2.14. The number of carbonyl (C=O) groups excluding carboxylic acids is 1. The fraction of sp³-hybridized carbons (Fsp3) is 0.471. The molecule has 1 atom stereocenters. The molecule has 0 N–H and O–H groups in total. The summed E-state index contributed by atoms with van der Waals surface area (Å²) < 4.78 is 6.75. The average Bonchev–Trinajstić information content (AvgIpc) is 3.08. The van der Waals surface area contributed by atoms with E-state index >= 15 is 0 Å². The number of aromatic nitrogens is 2. The van der Waals surface area contributed by atoms with Gasteiger partial charge in [-0.2, -0.15) is 0 Å². The van der Waals surface area contributed by atoms with Crippen molar-refractivity contribution < 1.29 is 9.53 Å². The first-order chi connectivity index (χ1) is 11.2. The fourth-order valence-electron chi connectivity index (χ4n) is 2.91. The van der Waals surface area contributed by atoms with E-state index in [1.165, 1.54) is 10.9 Å². The number of para-hydroxylation sites is 1. The Bertz CT molecular complexity index is 750. The van der Waals surface area contributed by atoms with E-state index in [4.69, 9.17) is 4.74 Å². The summed E-state index contributed by atoms with van der Waals surface area (Å²) in [5, 5.41) is 0.537. The monoisotopic (exact) mass is 315 g/mol. The molecule has 6 nitrogen and oxygen atoms in total. The summed E-state index contributed by atoms with van der Waals surface area (Å²) in [5.41, 5.74) is 0.473. The molecule has 1 amide bonds. The second-order valence-electron chi connectivity index (χ2n) is 5.86. The van der Waals surface area contributed by atoms with E-state index in [2.05, 4.69) is 4.98 Å². The minimum Gasteiger partial charge on any atom is -0.381 e. The summed E-state index contributed by atoms with van der Waals surface area (Å²) >= 11 is 0. The van der Waals surface area contributed by atoms with Crippen molar-refractivity contribution in [3.8, 4) is 0 Å². The van der Waals surface area contributed by atoms with Crippen LogP contribution in [0.2, 0.25) is 0 Å². The Morgan fingerprint density at radius 3 is 3.00 bits per heavy atom. The standard InChI is InChI=1S/C17H21N3O3/c1-2-19(9-13-7-8-23-11-13)16(21)10-20-12-18-15-6-4-3-5-14(15)17(20)22/h3-6,12-13H,2,7-11H2,1H3/t13-/m0/s1. The van der Waals surface area contributed by atoms with E-state index < -0.39 is 0 Å². The lowest BCUT2D eigenvalue weighted by Crippen LogP contribution is -2.39. The number of benzene rings is 1. The predicted octanol–water partition coefficient (Wildman–Crippen LogP) is 1.28. The molecule has 23 heavy (non-hydrogen) atoms. The predicted molar refractivity (Wildman–Crippen MR) is 87.2 cm³/mol. The number of fused-ring (bicyclic) bond motifs is 1. The first-order valence-electron chi connectivity index (χ1n) is 7.98. The zero-order chi connectivity index (χ0) is 16.2. The van der Waals surface area contributed by atoms with Crippen LogP contribution in [0.15, 0.2) is 35.4 Å². The lowest BCUT2D eigenvalue weighted by atomic mass is 10.1. The van der Waals surface area contributed by atoms with Gasteiger partial charge in [0, 0.05) is 25.6 Å². The van der Waals surface area contributed by atoms with E-state index in [1.54, 1.807) is 23.1 Å². The van der Waals surface area contributed by atoms with Crippen LogP contribution in [0.4, 0.5) is 0 Å². The van der Waals surface area contributed by atoms with Crippen molar-refractivity contribution in [1.29, 1.82) is 0 Å². The number of amides is 1. The van der Waals surface area contributed by atoms with Crippen LogP contribution in [0.1, 0.15) is 13.3 Å². The van der Waals surface area contributed by atoms with Gasteiger partial charge in [-0.3, -0.25) is 14.2 Å². The Balaban J connectivity index is 1.76. The molecule has 2 heterocycles. The molecular formula is C17H21N3O3. The van der Waals surface area contributed by atoms with E-state index in [9.17, 15) is 9.59 Å². The van der Waals surface area contributed by atoms with Crippen LogP contribution in [-0.2, 0) is 16.1 Å². The third-order valence-corrected chi connectivity index (χ3v) is 4.27. The number of ether oxygens (including phenoxy) is 1. The number of hydrogen-bond acceptors (Lipinski definition) is 4. The Labute approximate surface area is 134 Å². The Morgan fingerprint density at radius 1 is 1.43 bits per heavy atom. The zero-order valence-electron chi connectivity index (χ0n) is 13.3. The molecule has 3 rings (SSSR count). The summed E-state index contributed by atoms with van der Waals surface area (Å²) in [6.45, 7) is 4.77. The van der Waals surface area contributed by atoms with Gasteiger partial charge >= 0.3 is 0 Å². The summed E-state index contributed by atoms with van der Waals surface area (Å²) in [5.74, 6) is 0.337. The maximum Gasteiger partial charge on any atom is 0.261 e. The topological polar surface area (TPSA) is 64.4 Å². The normalized spacial score (nSPS) is 17.5.